The molecule has 0 unspecified atom stereocenters. The molecule has 0 amide bonds. The van der Waals surface area contributed by atoms with Crippen LogP contribution in [-0.2, 0) is 0 Å². The lowest BCUT2D eigenvalue weighted by atomic mass is 10.1. The van der Waals surface area contributed by atoms with Crippen LogP contribution < -0.4 is 0 Å². The van der Waals surface area contributed by atoms with E-state index < -0.39 is 0 Å². The van der Waals surface area contributed by atoms with Crippen molar-refractivity contribution in [1.82, 2.24) is 4.98 Å². The van der Waals surface area contributed by atoms with Crippen molar-refractivity contribution in [1.29, 1.82) is 0 Å². The summed E-state index contributed by atoms with van der Waals surface area (Å²) in [5.41, 5.74) is 3.38. The van der Waals surface area contributed by atoms with Gasteiger partial charge in [-0.2, -0.15) is 0 Å². The Hall–Kier alpha value is -0.560. The van der Waals surface area contributed by atoms with Crippen LogP contribution in [0.1, 0.15) is 30.7 Å². The summed E-state index contributed by atoms with van der Waals surface area (Å²) in [5.74, 6) is 0. The summed E-state index contributed by atoms with van der Waals surface area (Å²) in [6.45, 7) is 10.0. The van der Waals surface area contributed by atoms with Gasteiger partial charge in [0.2, 0.25) is 0 Å². The van der Waals surface area contributed by atoms with Gasteiger partial charge in [-0.25, -0.2) is 0 Å². The summed E-state index contributed by atoms with van der Waals surface area (Å²) in [6, 6.07) is 0. The predicted molar refractivity (Wildman–Crippen MR) is 54.8 cm³/mol. The third-order valence-electron chi connectivity index (χ3n) is 1.83. The molecule has 0 N–H and O–H groups in total. The van der Waals surface area contributed by atoms with Crippen molar-refractivity contribution in [3.63, 3.8) is 0 Å². The monoisotopic (exact) mass is 185 g/mol. The molecule has 0 aromatic carbocycles. The van der Waals surface area contributed by atoms with Crippen molar-refractivity contribution in [2.75, 3.05) is 0 Å². The van der Waals surface area contributed by atoms with E-state index in [1.165, 1.54) is 5.56 Å². The Labute approximate surface area is 79.8 Å². The van der Waals surface area contributed by atoms with Crippen LogP contribution in [0.3, 0.4) is 0 Å². The van der Waals surface area contributed by atoms with E-state index in [4.69, 9.17) is 11.6 Å². The van der Waals surface area contributed by atoms with Crippen LogP contribution in [0.4, 0.5) is 0 Å². The second kappa shape index (κ2) is 5.15. The van der Waals surface area contributed by atoms with E-state index in [2.05, 4.69) is 4.98 Å². The number of nitrogens with zero attached hydrogens (tertiary/aromatic N) is 1. The Morgan fingerprint density at radius 3 is 2.00 bits per heavy atom. The summed E-state index contributed by atoms with van der Waals surface area (Å²) in [6.07, 6.45) is 1.69. The molecule has 0 aliphatic heterocycles. The van der Waals surface area contributed by atoms with Gasteiger partial charge in [-0.1, -0.05) is 25.4 Å². The lowest BCUT2D eigenvalue weighted by Crippen LogP contribution is -1.90. The molecule has 0 saturated carbocycles. The molecule has 0 aliphatic carbocycles. The average molecular weight is 186 g/mol. The Kier molecular flexibility index (Phi) is 4.91. The van der Waals surface area contributed by atoms with E-state index in [0.717, 1.165) is 16.3 Å². The number of rotatable bonds is 0. The Balaban J connectivity index is 0.000000561. The minimum Gasteiger partial charge on any atom is -0.260 e. The predicted octanol–water partition coefficient (Wildman–Crippen LogP) is 3.69. The molecule has 2 heteroatoms. The minimum atomic E-state index is 0.753. The van der Waals surface area contributed by atoms with E-state index in [0.29, 0.717) is 0 Å². The highest BCUT2D eigenvalue weighted by Crippen LogP contribution is 2.18. The number of aromatic nitrogens is 1. The van der Waals surface area contributed by atoms with Crippen LogP contribution in [0.15, 0.2) is 6.20 Å². The third-order valence-corrected chi connectivity index (χ3v) is 2.22. The number of hydrogen-bond acceptors (Lipinski definition) is 1. The molecular formula is C10H16ClN. The molecule has 68 valence electrons. The van der Waals surface area contributed by atoms with Crippen LogP contribution in [-0.4, -0.2) is 4.98 Å². The lowest BCUT2D eigenvalue weighted by molar-refractivity contribution is 1.12. The zero-order valence-corrected chi connectivity index (χ0v) is 9.16. The van der Waals surface area contributed by atoms with Crippen LogP contribution in [0.5, 0.6) is 0 Å². The van der Waals surface area contributed by atoms with E-state index in [1.54, 1.807) is 6.20 Å². The second-order valence-electron chi connectivity index (χ2n) is 2.44. The van der Waals surface area contributed by atoms with Crippen molar-refractivity contribution in [2.24, 2.45) is 0 Å². The van der Waals surface area contributed by atoms with Crippen molar-refractivity contribution in [3.05, 3.63) is 28.0 Å². The van der Waals surface area contributed by atoms with Crippen LogP contribution in [0, 0.1) is 20.8 Å². The number of halogens is 1. The summed E-state index contributed by atoms with van der Waals surface area (Å²) < 4.78 is 0. The molecule has 1 heterocycles. The highest BCUT2D eigenvalue weighted by Gasteiger charge is 2.00. The highest BCUT2D eigenvalue weighted by molar-refractivity contribution is 6.31. The van der Waals surface area contributed by atoms with E-state index in [9.17, 15) is 0 Å². The van der Waals surface area contributed by atoms with E-state index in [-0.39, 0.29) is 0 Å². The molecule has 1 aromatic rings. The average Bonchev–Trinajstić information content (AvgIpc) is 2.12. The normalized spacial score (nSPS) is 8.83. The first-order chi connectivity index (χ1) is 5.63. The fourth-order valence-corrected chi connectivity index (χ4v) is 0.988. The Bertz CT molecular complexity index is 229. The maximum absolute atomic E-state index is 5.82. The van der Waals surface area contributed by atoms with Crippen LogP contribution in [0.2, 0.25) is 5.02 Å². The van der Waals surface area contributed by atoms with Gasteiger partial charge in [0.15, 0.2) is 0 Å². The molecule has 0 aliphatic rings. The third kappa shape index (κ3) is 2.49. The first-order valence-electron chi connectivity index (χ1n) is 4.21. The van der Waals surface area contributed by atoms with Crippen molar-refractivity contribution in [2.45, 2.75) is 34.6 Å². The molecule has 12 heavy (non-hydrogen) atoms. The number of pyridine rings is 1. The zero-order valence-electron chi connectivity index (χ0n) is 8.40. The molecule has 0 atom stereocenters. The standard InChI is InChI=1S/C8H10ClN.C2H6/c1-5-6(2)8(9)4-10-7(5)3;1-2/h4H,1-3H3;1-2H3. The van der Waals surface area contributed by atoms with Crippen molar-refractivity contribution >= 4 is 11.6 Å². The van der Waals surface area contributed by atoms with Crippen molar-refractivity contribution < 1.29 is 0 Å². The first-order valence-corrected chi connectivity index (χ1v) is 4.59. The quantitative estimate of drug-likeness (QED) is 0.601. The minimum absolute atomic E-state index is 0.753. The van der Waals surface area contributed by atoms with Gasteiger partial charge in [0.05, 0.1) is 5.02 Å². The van der Waals surface area contributed by atoms with Gasteiger partial charge >= 0.3 is 0 Å². The zero-order chi connectivity index (χ0) is 9.72. The first kappa shape index (κ1) is 11.4. The maximum Gasteiger partial charge on any atom is 0.0621 e. The molecule has 1 nitrogen and oxygen atoms in total. The van der Waals surface area contributed by atoms with Gasteiger partial charge in [-0.05, 0) is 31.9 Å². The lowest BCUT2D eigenvalue weighted by Gasteiger charge is -2.03. The second-order valence-corrected chi connectivity index (χ2v) is 2.85. The summed E-state index contributed by atoms with van der Waals surface area (Å²) in [7, 11) is 0. The molecule has 0 bridgehead atoms. The maximum atomic E-state index is 5.82. The highest BCUT2D eigenvalue weighted by atomic mass is 35.5. The van der Waals surface area contributed by atoms with Crippen LogP contribution in [0.25, 0.3) is 0 Å². The van der Waals surface area contributed by atoms with Gasteiger partial charge in [0, 0.05) is 11.9 Å². The molecule has 0 radical (unpaired) electrons. The number of aryl methyl sites for hydroxylation is 1. The van der Waals surface area contributed by atoms with Gasteiger partial charge in [0.25, 0.3) is 0 Å². The fraction of sp³-hybridized carbons (Fsp3) is 0.500. The van der Waals surface area contributed by atoms with E-state index in [1.807, 2.05) is 34.6 Å². The molecule has 0 fully saturated rings. The summed E-state index contributed by atoms with van der Waals surface area (Å²) in [4.78, 5) is 4.11. The largest absolute Gasteiger partial charge is 0.260 e. The fourth-order valence-electron chi connectivity index (χ4n) is 0.798. The number of hydrogen-bond donors (Lipinski definition) is 0. The molecular weight excluding hydrogens is 170 g/mol. The molecule has 1 rings (SSSR count). The van der Waals surface area contributed by atoms with Crippen LogP contribution >= 0.6 is 11.6 Å². The molecule has 1 aromatic heterocycles. The van der Waals surface area contributed by atoms with Gasteiger partial charge in [-0.3, -0.25) is 4.98 Å². The smallest absolute Gasteiger partial charge is 0.0621 e. The molecule has 0 saturated heterocycles. The summed E-state index contributed by atoms with van der Waals surface area (Å²) in [5, 5.41) is 0.753. The van der Waals surface area contributed by atoms with Gasteiger partial charge in [0.1, 0.15) is 0 Å². The van der Waals surface area contributed by atoms with Gasteiger partial charge < -0.3 is 0 Å². The summed E-state index contributed by atoms with van der Waals surface area (Å²) >= 11 is 5.82. The van der Waals surface area contributed by atoms with Crippen molar-refractivity contribution in [3.8, 4) is 0 Å². The Morgan fingerprint density at radius 2 is 1.58 bits per heavy atom. The molecule has 0 spiro atoms. The topological polar surface area (TPSA) is 12.9 Å². The van der Waals surface area contributed by atoms with E-state index >= 15 is 0 Å². The SMILES string of the molecule is CC.Cc1ncc(Cl)c(C)c1C. The Morgan fingerprint density at radius 1 is 1.08 bits per heavy atom. The van der Waals surface area contributed by atoms with Gasteiger partial charge in [-0.15, -0.1) is 0 Å².